The molecular weight excluding hydrogens is 231 g/mol. The van der Waals surface area contributed by atoms with Crippen LogP contribution < -0.4 is 0 Å². The van der Waals surface area contributed by atoms with Crippen molar-refractivity contribution in [3.8, 4) is 0 Å². The molecule has 0 spiro atoms. The molecule has 0 aliphatic heterocycles. The van der Waals surface area contributed by atoms with E-state index in [0.717, 1.165) is 6.26 Å². The number of halogens is 1. The van der Waals surface area contributed by atoms with Crippen LogP contribution >= 0.6 is 0 Å². The first-order valence-electron chi connectivity index (χ1n) is 4.97. The summed E-state index contributed by atoms with van der Waals surface area (Å²) in [5, 5.41) is 9.14. The zero-order valence-corrected chi connectivity index (χ0v) is 9.87. The number of aliphatic hydroxyl groups excluding tert-OH is 1. The van der Waals surface area contributed by atoms with Crippen LogP contribution in [0.2, 0.25) is 0 Å². The maximum absolute atomic E-state index is 13.4. The van der Waals surface area contributed by atoms with Crippen LogP contribution in [-0.4, -0.2) is 32.1 Å². The second-order valence-electron chi connectivity index (χ2n) is 3.82. The summed E-state index contributed by atoms with van der Waals surface area (Å²) < 4.78 is 35.4. The van der Waals surface area contributed by atoms with Gasteiger partial charge in [-0.15, -0.1) is 0 Å². The van der Waals surface area contributed by atoms with Crippen molar-refractivity contribution in [3.05, 3.63) is 35.6 Å². The Hall–Kier alpha value is -0.940. The van der Waals surface area contributed by atoms with Crippen LogP contribution in [0.15, 0.2) is 24.3 Å². The maximum Gasteiger partial charge on any atom is 0.147 e. The first-order chi connectivity index (χ1) is 7.44. The third kappa shape index (κ3) is 3.90. The van der Waals surface area contributed by atoms with E-state index < -0.39 is 21.6 Å². The average molecular weight is 246 g/mol. The van der Waals surface area contributed by atoms with Crippen LogP contribution in [0, 0.1) is 5.82 Å². The first-order valence-corrected chi connectivity index (χ1v) is 7.03. The molecule has 0 aliphatic rings. The van der Waals surface area contributed by atoms with Gasteiger partial charge in [0.05, 0.1) is 12.4 Å². The van der Waals surface area contributed by atoms with Crippen molar-refractivity contribution < 1.29 is 17.9 Å². The molecule has 1 N–H and O–H groups in total. The maximum atomic E-state index is 13.4. The Morgan fingerprint density at radius 1 is 1.38 bits per heavy atom. The highest BCUT2D eigenvalue weighted by Crippen LogP contribution is 2.22. The van der Waals surface area contributed by atoms with E-state index in [1.54, 1.807) is 18.2 Å². The zero-order valence-electron chi connectivity index (χ0n) is 9.06. The molecule has 0 heterocycles. The van der Waals surface area contributed by atoms with E-state index in [4.69, 9.17) is 5.11 Å². The molecule has 0 aromatic heterocycles. The minimum atomic E-state index is -3.08. The Bertz CT molecular complexity index is 442. The third-order valence-electron chi connectivity index (χ3n) is 2.40. The lowest BCUT2D eigenvalue weighted by molar-refractivity contribution is 0.260. The van der Waals surface area contributed by atoms with Crippen molar-refractivity contribution in [2.75, 3.05) is 18.6 Å². The van der Waals surface area contributed by atoms with Crippen molar-refractivity contribution in [1.82, 2.24) is 0 Å². The van der Waals surface area contributed by atoms with Crippen molar-refractivity contribution in [2.45, 2.75) is 12.3 Å². The molecule has 90 valence electrons. The summed E-state index contributed by atoms with van der Waals surface area (Å²) in [6, 6.07) is 6.10. The summed E-state index contributed by atoms with van der Waals surface area (Å²) in [5.41, 5.74) is 0.369. The van der Waals surface area contributed by atoms with E-state index in [1.807, 2.05) is 0 Å². The predicted octanol–water partition coefficient (Wildman–Crippen LogP) is 1.34. The summed E-state index contributed by atoms with van der Waals surface area (Å²) >= 11 is 0. The van der Waals surface area contributed by atoms with Gasteiger partial charge < -0.3 is 5.11 Å². The van der Waals surface area contributed by atoms with Gasteiger partial charge in [0.25, 0.3) is 0 Å². The third-order valence-corrected chi connectivity index (χ3v) is 3.38. The Morgan fingerprint density at radius 3 is 2.50 bits per heavy atom. The van der Waals surface area contributed by atoms with E-state index in [1.165, 1.54) is 6.07 Å². The summed E-state index contributed by atoms with van der Waals surface area (Å²) in [7, 11) is -3.08. The molecule has 0 aliphatic carbocycles. The molecule has 1 unspecified atom stereocenters. The Morgan fingerprint density at radius 2 is 2.00 bits per heavy atom. The van der Waals surface area contributed by atoms with Gasteiger partial charge in [-0.1, -0.05) is 18.2 Å². The fourth-order valence-electron chi connectivity index (χ4n) is 1.51. The fourth-order valence-corrected chi connectivity index (χ4v) is 2.22. The van der Waals surface area contributed by atoms with Gasteiger partial charge in [-0.25, -0.2) is 12.8 Å². The van der Waals surface area contributed by atoms with Crippen molar-refractivity contribution in [2.24, 2.45) is 0 Å². The molecule has 0 bridgehead atoms. The molecule has 1 rings (SSSR count). The normalized spacial score (nSPS) is 13.7. The van der Waals surface area contributed by atoms with E-state index >= 15 is 0 Å². The highest BCUT2D eigenvalue weighted by molar-refractivity contribution is 7.90. The lowest BCUT2D eigenvalue weighted by Crippen LogP contribution is -2.12. The number of sulfone groups is 1. The lowest BCUT2D eigenvalue weighted by atomic mass is 9.97. The average Bonchev–Trinajstić information content (AvgIpc) is 2.20. The predicted molar refractivity (Wildman–Crippen MR) is 60.6 cm³/mol. The topological polar surface area (TPSA) is 54.4 Å². The van der Waals surface area contributed by atoms with Gasteiger partial charge in [0.1, 0.15) is 15.7 Å². The Kier molecular flexibility index (Phi) is 4.44. The summed E-state index contributed by atoms with van der Waals surface area (Å²) in [4.78, 5) is 0. The minimum Gasteiger partial charge on any atom is -0.396 e. The second kappa shape index (κ2) is 5.41. The highest BCUT2D eigenvalue weighted by Gasteiger charge is 2.16. The van der Waals surface area contributed by atoms with Crippen molar-refractivity contribution >= 4 is 9.84 Å². The van der Waals surface area contributed by atoms with E-state index in [0.29, 0.717) is 5.56 Å². The van der Waals surface area contributed by atoms with E-state index in [2.05, 4.69) is 0 Å². The summed E-state index contributed by atoms with van der Waals surface area (Å²) in [6.07, 6.45) is 1.36. The molecule has 1 aromatic rings. The first kappa shape index (κ1) is 13.1. The van der Waals surface area contributed by atoms with Crippen molar-refractivity contribution in [3.63, 3.8) is 0 Å². The monoisotopic (exact) mass is 246 g/mol. The van der Waals surface area contributed by atoms with Crippen LogP contribution in [0.4, 0.5) is 4.39 Å². The Labute approximate surface area is 94.8 Å². The molecule has 0 fully saturated rings. The molecule has 16 heavy (non-hydrogen) atoms. The molecule has 3 nitrogen and oxygen atoms in total. The van der Waals surface area contributed by atoms with Gasteiger partial charge in [-0.05, 0) is 18.1 Å². The lowest BCUT2D eigenvalue weighted by Gasteiger charge is -2.14. The largest absolute Gasteiger partial charge is 0.396 e. The Balaban J connectivity index is 2.79. The molecule has 0 saturated heterocycles. The van der Waals surface area contributed by atoms with E-state index in [-0.39, 0.29) is 18.8 Å². The van der Waals surface area contributed by atoms with Gasteiger partial charge >= 0.3 is 0 Å². The second-order valence-corrected chi connectivity index (χ2v) is 6.08. The molecule has 5 heteroatoms. The molecule has 0 amide bonds. The molecule has 0 saturated carbocycles. The van der Waals surface area contributed by atoms with E-state index in [9.17, 15) is 12.8 Å². The van der Waals surface area contributed by atoms with Crippen LogP contribution in [0.5, 0.6) is 0 Å². The number of rotatable bonds is 5. The summed E-state index contributed by atoms with van der Waals surface area (Å²) in [5.74, 6) is -0.919. The van der Waals surface area contributed by atoms with Gasteiger partial charge in [0, 0.05) is 12.2 Å². The minimum absolute atomic E-state index is 0.0490. The fraction of sp³-hybridized carbons (Fsp3) is 0.455. The standard InChI is InChI=1S/C11H15FO3S/c1-16(14,15)7-6-9(8-13)10-4-2-3-5-11(10)12/h2-5,9,13H,6-8H2,1H3. The number of benzene rings is 1. The van der Waals surface area contributed by atoms with Crippen LogP contribution in [0.3, 0.4) is 0 Å². The van der Waals surface area contributed by atoms with Gasteiger partial charge in [-0.3, -0.25) is 0 Å². The van der Waals surface area contributed by atoms with Crippen LogP contribution in [-0.2, 0) is 9.84 Å². The van der Waals surface area contributed by atoms with Crippen LogP contribution in [0.1, 0.15) is 17.9 Å². The molecule has 1 aromatic carbocycles. The number of aliphatic hydroxyl groups is 1. The number of hydrogen-bond donors (Lipinski definition) is 1. The van der Waals surface area contributed by atoms with Crippen LogP contribution in [0.25, 0.3) is 0 Å². The smallest absolute Gasteiger partial charge is 0.147 e. The highest BCUT2D eigenvalue weighted by atomic mass is 32.2. The van der Waals surface area contributed by atoms with Crippen molar-refractivity contribution in [1.29, 1.82) is 0 Å². The van der Waals surface area contributed by atoms with Gasteiger partial charge in [0.15, 0.2) is 0 Å². The zero-order chi connectivity index (χ0) is 12.2. The summed E-state index contributed by atoms with van der Waals surface area (Å²) in [6.45, 7) is -0.254. The SMILES string of the molecule is CS(=O)(=O)CCC(CO)c1ccccc1F. The molecule has 0 radical (unpaired) electrons. The quantitative estimate of drug-likeness (QED) is 0.853. The molecule has 1 atom stereocenters. The van der Waals surface area contributed by atoms with Gasteiger partial charge in [0.2, 0.25) is 0 Å². The van der Waals surface area contributed by atoms with Gasteiger partial charge in [-0.2, -0.15) is 0 Å². The molecular formula is C11H15FO3S. The number of hydrogen-bond acceptors (Lipinski definition) is 3.